The molecule has 182 valence electrons. The van der Waals surface area contributed by atoms with Crippen LogP contribution in [0.2, 0.25) is 0 Å². The van der Waals surface area contributed by atoms with Gasteiger partial charge in [-0.25, -0.2) is 0 Å². The molecule has 0 fully saturated rings. The zero-order valence-electron chi connectivity index (χ0n) is 19.8. The van der Waals surface area contributed by atoms with Crippen LogP contribution in [0.1, 0.15) is 12.5 Å². The predicted molar refractivity (Wildman–Crippen MR) is 133 cm³/mol. The molecule has 1 aliphatic rings. The van der Waals surface area contributed by atoms with Crippen molar-refractivity contribution in [3.05, 3.63) is 72.3 Å². The number of anilines is 2. The molecule has 4 rings (SSSR count). The topological polar surface area (TPSA) is 86.3 Å². The number of methoxy groups -OCH3 is 1. The Bertz CT molecular complexity index is 1160. The number of nitrogens with one attached hydrogen (secondary N) is 1. The molecule has 2 amide bonds. The van der Waals surface area contributed by atoms with Crippen LogP contribution in [-0.2, 0) is 16.0 Å². The molecule has 1 aliphatic heterocycles. The number of carbonyl (C=O) groups is 2. The monoisotopic (exact) mass is 476 g/mol. The van der Waals surface area contributed by atoms with Crippen LogP contribution in [-0.4, -0.2) is 45.3 Å². The fourth-order valence-corrected chi connectivity index (χ4v) is 3.62. The van der Waals surface area contributed by atoms with Crippen LogP contribution in [0.15, 0.2) is 66.7 Å². The zero-order chi connectivity index (χ0) is 24.6. The minimum atomic E-state index is -0.304. The predicted octanol–water partition coefficient (Wildman–Crippen LogP) is 4.08. The molecule has 0 aromatic heterocycles. The van der Waals surface area contributed by atoms with E-state index in [0.717, 1.165) is 12.2 Å². The molecule has 1 heterocycles. The molecule has 3 aromatic rings. The molecule has 8 heteroatoms. The van der Waals surface area contributed by atoms with Gasteiger partial charge in [0.25, 0.3) is 11.8 Å². The Kier molecular flexibility index (Phi) is 7.72. The van der Waals surface area contributed by atoms with Crippen LogP contribution in [0.4, 0.5) is 11.4 Å². The van der Waals surface area contributed by atoms with E-state index in [2.05, 4.69) is 12.2 Å². The van der Waals surface area contributed by atoms with Gasteiger partial charge in [0.2, 0.25) is 0 Å². The van der Waals surface area contributed by atoms with E-state index in [4.69, 9.17) is 18.9 Å². The summed E-state index contributed by atoms with van der Waals surface area (Å²) in [6.45, 7) is 2.52. The molecular weight excluding hydrogens is 448 g/mol. The summed E-state index contributed by atoms with van der Waals surface area (Å²) in [5.41, 5.74) is 2.32. The van der Waals surface area contributed by atoms with Gasteiger partial charge in [-0.2, -0.15) is 0 Å². The van der Waals surface area contributed by atoms with Crippen LogP contribution < -0.4 is 29.2 Å². The van der Waals surface area contributed by atoms with E-state index in [1.165, 1.54) is 5.56 Å². The summed E-state index contributed by atoms with van der Waals surface area (Å²) in [7, 11) is 1.60. The van der Waals surface area contributed by atoms with Gasteiger partial charge < -0.3 is 29.2 Å². The first-order chi connectivity index (χ1) is 17.1. The van der Waals surface area contributed by atoms with Crippen molar-refractivity contribution in [2.45, 2.75) is 13.3 Å². The average molecular weight is 477 g/mol. The van der Waals surface area contributed by atoms with Gasteiger partial charge in [-0.3, -0.25) is 9.59 Å². The Hall–Kier alpha value is -4.20. The van der Waals surface area contributed by atoms with Gasteiger partial charge in [-0.1, -0.05) is 19.1 Å². The van der Waals surface area contributed by atoms with Gasteiger partial charge in [-0.15, -0.1) is 0 Å². The van der Waals surface area contributed by atoms with E-state index in [1.54, 1.807) is 30.2 Å². The summed E-state index contributed by atoms with van der Waals surface area (Å²) >= 11 is 0. The van der Waals surface area contributed by atoms with Crippen molar-refractivity contribution in [3.8, 4) is 23.0 Å². The molecule has 0 unspecified atom stereocenters. The number of hydrogen-bond acceptors (Lipinski definition) is 6. The van der Waals surface area contributed by atoms with Gasteiger partial charge in [0, 0.05) is 5.69 Å². The molecule has 0 aliphatic carbocycles. The molecule has 0 spiro atoms. The van der Waals surface area contributed by atoms with E-state index in [9.17, 15) is 9.59 Å². The molecule has 0 saturated carbocycles. The van der Waals surface area contributed by atoms with Crippen molar-refractivity contribution in [1.82, 2.24) is 0 Å². The standard InChI is InChI=1S/C27H28N2O6/c1-3-19-4-7-23(8-5-19)34-17-26(30)28-20-6-13-25-24(16-20)29(27(31)18-35-25)14-15-33-22-11-9-21(32-2)10-12-22/h4-13,16H,3,14-15,17-18H2,1-2H3,(H,28,30). The molecule has 8 nitrogen and oxygen atoms in total. The summed E-state index contributed by atoms with van der Waals surface area (Å²) < 4.78 is 22.1. The maximum Gasteiger partial charge on any atom is 0.265 e. The van der Waals surface area contributed by atoms with Crippen LogP contribution in [0.25, 0.3) is 0 Å². The van der Waals surface area contributed by atoms with Crippen molar-refractivity contribution >= 4 is 23.2 Å². The lowest BCUT2D eigenvalue weighted by atomic mass is 10.2. The Morgan fingerprint density at radius 2 is 1.66 bits per heavy atom. The largest absolute Gasteiger partial charge is 0.497 e. The summed E-state index contributed by atoms with van der Waals surface area (Å²) in [6.07, 6.45) is 0.940. The minimum Gasteiger partial charge on any atom is -0.497 e. The van der Waals surface area contributed by atoms with Crippen molar-refractivity contribution in [1.29, 1.82) is 0 Å². The SMILES string of the molecule is CCc1ccc(OCC(=O)Nc2ccc3c(c2)N(CCOc2ccc(OC)cc2)C(=O)CO3)cc1. The molecule has 0 atom stereocenters. The lowest BCUT2D eigenvalue weighted by Crippen LogP contribution is -2.41. The number of carbonyl (C=O) groups excluding carboxylic acids is 2. The van der Waals surface area contributed by atoms with E-state index in [-0.39, 0.29) is 25.0 Å². The zero-order valence-corrected chi connectivity index (χ0v) is 19.8. The van der Waals surface area contributed by atoms with Crippen LogP contribution in [0.3, 0.4) is 0 Å². The third kappa shape index (κ3) is 6.23. The first-order valence-electron chi connectivity index (χ1n) is 11.4. The number of fused-ring (bicyclic) bond motifs is 1. The highest BCUT2D eigenvalue weighted by Gasteiger charge is 2.26. The summed E-state index contributed by atoms with van der Waals surface area (Å²) in [5.74, 6) is 2.13. The smallest absolute Gasteiger partial charge is 0.265 e. The molecular formula is C27H28N2O6. The Balaban J connectivity index is 1.35. The van der Waals surface area contributed by atoms with Crippen LogP contribution in [0, 0.1) is 0 Å². The fraction of sp³-hybridized carbons (Fsp3) is 0.259. The first kappa shape index (κ1) is 23.9. The van der Waals surface area contributed by atoms with Gasteiger partial charge in [0.15, 0.2) is 13.2 Å². The van der Waals surface area contributed by atoms with Crippen LogP contribution in [0.5, 0.6) is 23.0 Å². The van der Waals surface area contributed by atoms with Crippen molar-refractivity contribution < 1.29 is 28.5 Å². The summed E-state index contributed by atoms with van der Waals surface area (Å²) in [5, 5.41) is 2.81. The maximum absolute atomic E-state index is 12.5. The van der Waals surface area contributed by atoms with E-state index < -0.39 is 0 Å². The number of amides is 2. The lowest BCUT2D eigenvalue weighted by Gasteiger charge is -2.29. The lowest BCUT2D eigenvalue weighted by molar-refractivity contribution is -0.121. The Morgan fingerprint density at radius 1 is 0.971 bits per heavy atom. The number of ether oxygens (including phenoxy) is 4. The number of benzene rings is 3. The number of aryl methyl sites for hydroxylation is 1. The van der Waals surface area contributed by atoms with Crippen LogP contribution >= 0.6 is 0 Å². The van der Waals surface area contributed by atoms with Crippen molar-refractivity contribution in [2.24, 2.45) is 0 Å². The average Bonchev–Trinajstić information content (AvgIpc) is 2.89. The van der Waals surface area contributed by atoms with E-state index in [0.29, 0.717) is 41.8 Å². The quantitative estimate of drug-likeness (QED) is 0.475. The second kappa shape index (κ2) is 11.3. The highest BCUT2D eigenvalue weighted by molar-refractivity contribution is 5.99. The highest BCUT2D eigenvalue weighted by Crippen LogP contribution is 2.34. The molecule has 0 bridgehead atoms. The summed E-state index contributed by atoms with van der Waals surface area (Å²) in [4.78, 5) is 26.6. The van der Waals surface area contributed by atoms with E-state index >= 15 is 0 Å². The third-order valence-corrected chi connectivity index (χ3v) is 5.53. The molecule has 35 heavy (non-hydrogen) atoms. The maximum atomic E-state index is 12.5. The van der Waals surface area contributed by atoms with Crippen molar-refractivity contribution in [2.75, 3.05) is 43.7 Å². The van der Waals surface area contributed by atoms with Gasteiger partial charge in [0.1, 0.15) is 29.6 Å². The van der Waals surface area contributed by atoms with Gasteiger partial charge in [-0.05, 0) is 66.6 Å². The second-order valence-electron chi connectivity index (χ2n) is 7.87. The normalized spacial score (nSPS) is 12.4. The molecule has 0 saturated heterocycles. The number of nitrogens with zero attached hydrogens (tertiary/aromatic N) is 1. The van der Waals surface area contributed by atoms with Gasteiger partial charge >= 0.3 is 0 Å². The third-order valence-electron chi connectivity index (χ3n) is 5.53. The molecule has 1 N–H and O–H groups in total. The van der Waals surface area contributed by atoms with Crippen molar-refractivity contribution in [3.63, 3.8) is 0 Å². The second-order valence-corrected chi connectivity index (χ2v) is 7.87. The van der Waals surface area contributed by atoms with Gasteiger partial charge in [0.05, 0.1) is 19.3 Å². The Morgan fingerprint density at radius 3 is 2.37 bits per heavy atom. The van der Waals surface area contributed by atoms with E-state index in [1.807, 2.05) is 48.5 Å². The Labute approximate surface area is 204 Å². The first-order valence-corrected chi connectivity index (χ1v) is 11.4. The highest BCUT2D eigenvalue weighted by atomic mass is 16.5. The molecule has 3 aromatic carbocycles. The number of hydrogen-bond donors (Lipinski definition) is 1. The molecule has 0 radical (unpaired) electrons. The summed E-state index contributed by atoms with van der Waals surface area (Å²) in [6, 6.07) is 20.1. The number of rotatable bonds is 10. The minimum absolute atomic E-state index is 0.0497. The fourth-order valence-electron chi connectivity index (χ4n) is 3.62.